The largest absolute Gasteiger partial charge is 0.352 e. The van der Waals surface area contributed by atoms with E-state index >= 15 is 0 Å². The van der Waals surface area contributed by atoms with E-state index < -0.39 is 6.03 Å². The molecule has 4 N–H and O–H groups in total. The minimum Gasteiger partial charge on any atom is -0.352 e. The zero-order chi connectivity index (χ0) is 16.2. The SMILES string of the molecule is NC(=O)NCC(=O)N1CCC[C@@H](Cc2nc3ccccc3[nH]2)C1. The van der Waals surface area contributed by atoms with Gasteiger partial charge in [-0.2, -0.15) is 0 Å². The number of imidazole rings is 1. The van der Waals surface area contributed by atoms with Gasteiger partial charge in [-0.3, -0.25) is 4.79 Å². The van der Waals surface area contributed by atoms with Gasteiger partial charge in [0.15, 0.2) is 0 Å². The Labute approximate surface area is 134 Å². The number of hydrogen-bond donors (Lipinski definition) is 3. The van der Waals surface area contributed by atoms with Crippen molar-refractivity contribution in [2.75, 3.05) is 19.6 Å². The standard InChI is InChI=1S/C16H21N5O2/c17-16(23)18-9-15(22)21-7-3-4-11(10-21)8-14-19-12-5-1-2-6-13(12)20-14/h1-2,5-6,11H,3-4,7-10H2,(H,19,20)(H3,17,18,23)/t11-/m0/s1. The fourth-order valence-corrected chi connectivity index (χ4v) is 3.11. The van der Waals surface area contributed by atoms with Gasteiger partial charge in [-0.25, -0.2) is 9.78 Å². The number of nitrogens with two attached hydrogens (primary N) is 1. The third-order valence-corrected chi connectivity index (χ3v) is 4.21. The molecule has 0 spiro atoms. The number of hydrogen-bond acceptors (Lipinski definition) is 3. The molecular weight excluding hydrogens is 294 g/mol. The Kier molecular flexibility index (Phi) is 4.45. The molecule has 1 aromatic carbocycles. The van der Waals surface area contributed by atoms with E-state index in [0.717, 1.165) is 42.7 Å². The number of piperidine rings is 1. The number of aromatic nitrogens is 2. The summed E-state index contributed by atoms with van der Waals surface area (Å²) in [6.07, 6.45) is 2.86. The van der Waals surface area contributed by atoms with Gasteiger partial charge in [0.1, 0.15) is 5.82 Å². The van der Waals surface area contributed by atoms with Crippen molar-refractivity contribution < 1.29 is 9.59 Å². The minimum atomic E-state index is -0.672. The summed E-state index contributed by atoms with van der Waals surface area (Å²) in [5, 5.41) is 2.35. The highest BCUT2D eigenvalue weighted by Gasteiger charge is 2.24. The van der Waals surface area contributed by atoms with Gasteiger partial charge in [0.25, 0.3) is 0 Å². The van der Waals surface area contributed by atoms with Crippen molar-refractivity contribution in [2.24, 2.45) is 11.7 Å². The van der Waals surface area contributed by atoms with Crippen LogP contribution in [0, 0.1) is 5.92 Å². The Morgan fingerprint density at radius 2 is 2.22 bits per heavy atom. The highest BCUT2D eigenvalue weighted by atomic mass is 16.2. The van der Waals surface area contributed by atoms with Gasteiger partial charge in [0, 0.05) is 19.5 Å². The Morgan fingerprint density at radius 3 is 3.00 bits per heavy atom. The number of fused-ring (bicyclic) bond motifs is 1. The molecular formula is C16H21N5O2. The van der Waals surface area contributed by atoms with Crippen molar-refractivity contribution in [2.45, 2.75) is 19.3 Å². The Hall–Kier alpha value is -2.57. The van der Waals surface area contributed by atoms with Crippen LogP contribution in [0.4, 0.5) is 4.79 Å². The van der Waals surface area contributed by atoms with Crippen LogP contribution in [0.2, 0.25) is 0 Å². The van der Waals surface area contributed by atoms with Crippen molar-refractivity contribution in [3.05, 3.63) is 30.1 Å². The number of rotatable bonds is 4. The molecule has 2 heterocycles. The second-order valence-electron chi connectivity index (χ2n) is 5.97. The zero-order valence-corrected chi connectivity index (χ0v) is 12.9. The third kappa shape index (κ3) is 3.80. The Bertz CT molecular complexity index is 678. The van der Waals surface area contributed by atoms with E-state index in [1.54, 1.807) is 4.90 Å². The molecule has 1 atom stereocenters. The number of primary amides is 1. The van der Waals surface area contributed by atoms with E-state index in [0.29, 0.717) is 12.5 Å². The summed E-state index contributed by atoms with van der Waals surface area (Å²) in [4.78, 5) is 32.5. The molecule has 7 heteroatoms. The predicted molar refractivity (Wildman–Crippen MR) is 86.7 cm³/mol. The van der Waals surface area contributed by atoms with Gasteiger partial charge < -0.3 is 20.9 Å². The van der Waals surface area contributed by atoms with Crippen molar-refractivity contribution in [1.82, 2.24) is 20.2 Å². The summed E-state index contributed by atoms with van der Waals surface area (Å²) in [6, 6.07) is 7.28. The van der Waals surface area contributed by atoms with Crippen LogP contribution < -0.4 is 11.1 Å². The van der Waals surface area contributed by atoms with Crippen LogP contribution >= 0.6 is 0 Å². The number of urea groups is 1. The van der Waals surface area contributed by atoms with Crippen LogP contribution in [0.5, 0.6) is 0 Å². The minimum absolute atomic E-state index is 0.0350. The van der Waals surface area contributed by atoms with E-state index in [-0.39, 0.29) is 12.5 Å². The molecule has 1 fully saturated rings. The predicted octanol–water partition coefficient (Wildman–Crippen LogP) is 1.01. The molecule has 1 aliphatic heterocycles. The first-order chi connectivity index (χ1) is 11.1. The number of amides is 3. The average molecular weight is 315 g/mol. The number of para-hydroxylation sites is 2. The number of benzene rings is 1. The van der Waals surface area contributed by atoms with Gasteiger partial charge in [-0.1, -0.05) is 12.1 Å². The van der Waals surface area contributed by atoms with Crippen LogP contribution in [0.1, 0.15) is 18.7 Å². The number of carbonyl (C=O) groups excluding carboxylic acids is 2. The van der Waals surface area contributed by atoms with Gasteiger partial charge >= 0.3 is 6.03 Å². The zero-order valence-electron chi connectivity index (χ0n) is 12.9. The number of nitrogens with one attached hydrogen (secondary N) is 2. The first kappa shape index (κ1) is 15.3. The molecule has 0 saturated carbocycles. The molecule has 122 valence electrons. The van der Waals surface area contributed by atoms with Gasteiger partial charge in [0.2, 0.25) is 5.91 Å². The number of H-pyrrole nitrogens is 1. The number of likely N-dealkylation sites (tertiary alicyclic amines) is 1. The average Bonchev–Trinajstić information content (AvgIpc) is 2.95. The van der Waals surface area contributed by atoms with E-state index in [9.17, 15) is 9.59 Å². The van der Waals surface area contributed by atoms with Crippen molar-refractivity contribution in [1.29, 1.82) is 0 Å². The van der Waals surface area contributed by atoms with Gasteiger partial charge in [0.05, 0.1) is 17.6 Å². The number of aromatic amines is 1. The molecule has 0 unspecified atom stereocenters. The molecule has 0 radical (unpaired) electrons. The normalized spacial score (nSPS) is 18.1. The van der Waals surface area contributed by atoms with Crippen molar-refractivity contribution in [3.8, 4) is 0 Å². The Balaban J connectivity index is 1.59. The maximum Gasteiger partial charge on any atom is 0.312 e. The quantitative estimate of drug-likeness (QED) is 0.784. The first-order valence-corrected chi connectivity index (χ1v) is 7.86. The summed E-state index contributed by atoms with van der Waals surface area (Å²) >= 11 is 0. The highest BCUT2D eigenvalue weighted by Crippen LogP contribution is 2.21. The van der Waals surface area contributed by atoms with E-state index in [2.05, 4.69) is 15.3 Å². The second kappa shape index (κ2) is 6.68. The fourth-order valence-electron chi connectivity index (χ4n) is 3.11. The maximum absolute atomic E-state index is 12.1. The second-order valence-corrected chi connectivity index (χ2v) is 5.97. The fraction of sp³-hybridized carbons (Fsp3) is 0.438. The topological polar surface area (TPSA) is 104 Å². The summed E-state index contributed by atoms with van der Waals surface area (Å²) < 4.78 is 0. The molecule has 2 aromatic rings. The lowest BCUT2D eigenvalue weighted by molar-refractivity contribution is -0.131. The van der Waals surface area contributed by atoms with E-state index in [4.69, 9.17) is 5.73 Å². The first-order valence-electron chi connectivity index (χ1n) is 7.86. The van der Waals surface area contributed by atoms with Crippen LogP contribution in [0.15, 0.2) is 24.3 Å². The smallest absolute Gasteiger partial charge is 0.312 e. The number of carbonyl (C=O) groups is 2. The molecule has 7 nitrogen and oxygen atoms in total. The third-order valence-electron chi connectivity index (χ3n) is 4.21. The molecule has 1 aliphatic rings. The summed E-state index contributed by atoms with van der Waals surface area (Å²) in [5.74, 6) is 1.25. The summed E-state index contributed by atoms with van der Waals surface area (Å²) in [7, 11) is 0. The lowest BCUT2D eigenvalue weighted by Crippen LogP contribution is -2.46. The lowest BCUT2D eigenvalue weighted by atomic mass is 9.94. The van der Waals surface area contributed by atoms with Crippen LogP contribution in [0.3, 0.4) is 0 Å². The molecule has 23 heavy (non-hydrogen) atoms. The molecule has 3 amide bonds. The van der Waals surface area contributed by atoms with Gasteiger partial charge in [-0.05, 0) is 30.9 Å². The Morgan fingerprint density at radius 1 is 1.39 bits per heavy atom. The van der Waals surface area contributed by atoms with Crippen LogP contribution in [-0.2, 0) is 11.2 Å². The molecule has 0 bridgehead atoms. The van der Waals surface area contributed by atoms with Crippen LogP contribution in [-0.4, -0.2) is 46.4 Å². The summed E-state index contributed by atoms with van der Waals surface area (Å²) in [6.45, 7) is 1.39. The molecule has 1 aromatic heterocycles. The van der Waals surface area contributed by atoms with E-state index in [1.807, 2.05) is 24.3 Å². The van der Waals surface area contributed by atoms with Crippen molar-refractivity contribution >= 4 is 23.0 Å². The number of nitrogens with zero attached hydrogens (tertiary/aromatic N) is 2. The van der Waals surface area contributed by atoms with E-state index in [1.165, 1.54) is 0 Å². The molecule has 0 aliphatic carbocycles. The highest BCUT2D eigenvalue weighted by molar-refractivity contribution is 5.83. The molecule has 3 rings (SSSR count). The van der Waals surface area contributed by atoms with Crippen LogP contribution in [0.25, 0.3) is 11.0 Å². The summed E-state index contributed by atoms with van der Waals surface area (Å²) in [5.41, 5.74) is 7.01. The molecule has 1 saturated heterocycles. The van der Waals surface area contributed by atoms with Gasteiger partial charge in [-0.15, -0.1) is 0 Å². The monoisotopic (exact) mass is 315 g/mol. The maximum atomic E-state index is 12.1. The lowest BCUT2D eigenvalue weighted by Gasteiger charge is -2.32. The van der Waals surface area contributed by atoms with Crippen molar-refractivity contribution in [3.63, 3.8) is 0 Å².